The van der Waals surface area contributed by atoms with Crippen molar-refractivity contribution in [2.24, 2.45) is 5.92 Å². The molecule has 0 unspecified atom stereocenters. The van der Waals surface area contributed by atoms with Crippen molar-refractivity contribution in [3.63, 3.8) is 0 Å². The minimum absolute atomic E-state index is 0.133. The fourth-order valence-corrected chi connectivity index (χ4v) is 1.19. The van der Waals surface area contributed by atoms with Crippen LogP contribution in [-0.2, 0) is 9.59 Å². The molecule has 0 aromatic rings. The Morgan fingerprint density at radius 2 is 1.92 bits per heavy atom. The number of carbonyl (C=O) groups is 2. The topological polar surface area (TPSA) is 34.1 Å². The molecule has 1 aliphatic rings. The molecule has 1 saturated carbocycles. The molecule has 0 atom stereocenters. The molecule has 1 fully saturated rings. The van der Waals surface area contributed by atoms with E-state index in [1.54, 1.807) is 0 Å². The van der Waals surface area contributed by atoms with E-state index in [1.165, 1.54) is 0 Å². The predicted molar refractivity (Wildman–Crippen MR) is 42.6 cm³/mol. The zero-order valence-corrected chi connectivity index (χ0v) is 7.48. The van der Waals surface area contributed by atoms with Gasteiger partial charge in [0.1, 0.15) is 5.78 Å². The predicted octanol–water partition coefficient (Wildman–Crippen LogP) is 1.97. The van der Waals surface area contributed by atoms with Gasteiger partial charge in [0, 0.05) is 12.8 Å². The third-order valence-electron chi connectivity index (χ3n) is 2.38. The lowest BCUT2D eigenvalue weighted by molar-refractivity contribution is -0.144. The summed E-state index contributed by atoms with van der Waals surface area (Å²) in [6.07, 6.45) is 1.87. The molecular weight excluding hydrogens is 178 g/mol. The highest BCUT2D eigenvalue weighted by Gasteiger charge is 2.36. The number of ketones is 2. The normalized spacial score (nSPS) is 18.1. The minimum atomic E-state index is -3.36. The van der Waals surface area contributed by atoms with Crippen LogP contribution in [0.1, 0.15) is 32.6 Å². The van der Waals surface area contributed by atoms with Gasteiger partial charge in [-0.05, 0) is 12.8 Å². The quantitative estimate of drug-likeness (QED) is 0.635. The molecule has 13 heavy (non-hydrogen) atoms. The Bertz CT molecular complexity index is 226. The summed E-state index contributed by atoms with van der Waals surface area (Å²) in [5.74, 6) is -5.08. The van der Waals surface area contributed by atoms with Gasteiger partial charge >= 0.3 is 5.92 Å². The molecule has 0 radical (unpaired) electrons. The van der Waals surface area contributed by atoms with E-state index in [2.05, 4.69) is 0 Å². The second-order valence-corrected chi connectivity index (χ2v) is 3.58. The summed E-state index contributed by atoms with van der Waals surface area (Å²) < 4.78 is 24.7. The van der Waals surface area contributed by atoms with E-state index in [1.807, 2.05) is 0 Å². The van der Waals surface area contributed by atoms with Gasteiger partial charge in [0.05, 0.1) is 6.42 Å². The van der Waals surface area contributed by atoms with Crippen molar-refractivity contribution in [1.29, 1.82) is 0 Å². The average Bonchev–Trinajstić information content (AvgIpc) is 1.79. The van der Waals surface area contributed by atoms with Crippen LogP contribution in [0.5, 0.6) is 0 Å². The minimum Gasteiger partial charge on any atom is -0.299 e. The maximum Gasteiger partial charge on any atom is 0.302 e. The summed E-state index contributed by atoms with van der Waals surface area (Å²) in [5, 5.41) is 0. The molecule has 2 nitrogen and oxygen atoms in total. The van der Waals surface area contributed by atoms with E-state index < -0.39 is 18.1 Å². The van der Waals surface area contributed by atoms with Crippen molar-refractivity contribution in [3.8, 4) is 0 Å². The fourth-order valence-electron chi connectivity index (χ4n) is 1.19. The fraction of sp³-hybridized carbons (Fsp3) is 0.778. The monoisotopic (exact) mass is 190 g/mol. The molecule has 0 amide bonds. The SMILES string of the molecule is CC(F)(F)C(=O)CC(=O)C1CCC1. The van der Waals surface area contributed by atoms with Gasteiger partial charge in [-0.15, -0.1) is 0 Å². The smallest absolute Gasteiger partial charge is 0.299 e. The third-order valence-corrected chi connectivity index (χ3v) is 2.38. The van der Waals surface area contributed by atoms with Crippen LogP contribution >= 0.6 is 0 Å². The van der Waals surface area contributed by atoms with Gasteiger partial charge in [-0.2, -0.15) is 8.78 Å². The highest BCUT2D eigenvalue weighted by molar-refractivity contribution is 6.03. The largest absolute Gasteiger partial charge is 0.302 e. The van der Waals surface area contributed by atoms with Gasteiger partial charge in [-0.3, -0.25) is 9.59 Å². The molecule has 0 bridgehead atoms. The lowest BCUT2D eigenvalue weighted by atomic mass is 9.80. The van der Waals surface area contributed by atoms with Crippen LogP contribution in [0.15, 0.2) is 0 Å². The molecule has 74 valence electrons. The highest BCUT2D eigenvalue weighted by atomic mass is 19.3. The molecule has 0 heterocycles. The molecule has 0 saturated heterocycles. The summed E-state index contributed by atoms with van der Waals surface area (Å²) in [6.45, 7) is 0.531. The Morgan fingerprint density at radius 1 is 1.38 bits per heavy atom. The van der Waals surface area contributed by atoms with Gasteiger partial charge < -0.3 is 0 Å². The summed E-state index contributed by atoms with van der Waals surface area (Å²) in [7, 11) is 0. The Labute approximate surface area is 75.3 Å². The molecule has 0 spiro atoms. The van der Waals surface area contributed by atoms with Crippen molar-refractivity contribution in [3.05, 3.63) is 0 Å². The average molecular weight is 190 g/mol. The lowest BCUT2D eigenvalue weighted by Crippen LogP contribution is -2.31. The van der Waals surface area contributed by atoms with E-state index in [-0.39, 0.29) is 11.7 Å². The van der Waals surface area contributed by atoms with Gasteiger partial charge in [0.25, 0.3) is 0 Å². The number of Topliss-reactive ketones (excluding diaryl/α,β-unsaturated/α-hetero) is 2. The van der Waals surface area contributed by atoms with Gasteiger partial charge in [-0.1, -0.05) is 6.42 Å². The van der Waals surface area contributed by atoms with E-state index in [0.29, 0.717) is 6.92 Å². The van der Waals surface area contributed by atoms with Gasteiger partial charge in [0.15, 0.2) is 0 Å². The number of hydrogen-bond donors (Lipinski definition) is 0. The van der Waals surface area contributed by atoms with Crippen LogP contribution in [0.25, 0.3) is 0 Å². The van der Waals surface area contributed by atoms with Crippen molar-refractivity contribution >= 4 is 11.6 Å². The molecule has 0 aliphatic heterocycles. The summed E-state index contributed by atoms with van der Waals surface area (Å²) in [5.41, 5.74) is 0. The first-order valence-corrected chi connectivity index (χ1v) is 4.35. The summed E-state index contributed by atoms with van der Waals surface area (Å²) in [6, 6.07) is 0. The Hall–Kier alpha value is -0.800. The highest BCUT2D eigenvalue weighted by Crippen LogP contribution is 2.29. The maximum absolute atomic E-state index is 12.4. The Morgan fingerprint density at radius 3 is 2.23 bits per heavy atom. The van der Waals surface area contributed by atoms with E-state index in [9.17, 15) is 18.4 Å². The van der Waals surface area contributed by atoms with Crippen LogP contribution in [0.4, 0.5) is 8.78 Å². The van der Waals surface area contributed by atoms with Crippen molar-refractivity contribution in [1.82, 2.24) is 0 Å². The van der Waals surface area contributed by atoms with E-state index in [0.717, 1.165) is 19.3 Å². The number of hydrogen-bond acceptors (Lipinski definition) is 2. The van der Waals surface area contributed by atoms with Crippen LogP contribution in [0, 0.1) is 5.92 Å². The number of halogens is 2. The first-order valence-electron chi connectivity index (χ1n) is 4.35. The first-order chi connectivity index (χ1) is 5.91. The zero-order valence-electron chi connectivity index (χ0n) is 7.48. The zero-order chi connectivity index (χ0) is 10.1. The molecule has 0 aromatic heterocycles. The number of rotatable bonds is 4. The van der Waals surface area contributed by atoms with E-state index in [4.69, 9.17) is 0 Å². The van der Waals surface area contributed by atoms with Crippen LogP contribution < -0.4 is 0 Å². The molecule has 0 aromatic carbocycles. The third kappa shape index (κ3) is 2.57. The molecule has 0 N–H and O–H groups in total. The van der Waals surface area contributed by atoms with Gasteiger partial charge in [0.2, 0.25) is 5.78 Å². The van der Waals surface area contributed by atoms with Crippen molar-refractivity contribution < 1.29 is 18.4 Å². The van der Waals surface area contributed by atoms with Crippen LogP contribution in [-0.4, -0.2) is 17.5 Å². The maximum atomic E-state index is 12.4. The Balaban J connectivity index is 2.39. The second-order valence-electron chi connectivity index (χ2n) is 3.58. The molecule has 1 aliphatic carbocycles. The number of carbonyl (C=O) groups excluding carboxylic acids is 2. The molecular formula is C9H12F2O2. The van der Waals surface area contributed by atoms with Crippen LogP contribution in [0.2, 0.25) is 0 Å². The first kappa shape index (κ1) is 10.3. The van der Waals surface area contributed by atoms with Gasteiger partial charge in [-0.25, -0.2) is 0 Å². The Kier molecular flexibility index (Phi) is 2.78. The summed E-state index contributed by atoms with van der Waals surface area (Å²) in [4.78, 5) is 21.9. The van der Waals surface area contributed by atoms with Crippen molar-refractivity contribution in [2.75, 3.05) is 0 Å². The lowest BCUT2D eigenvalue weighted by Gasteiger charge is -2.23. The molecule has 4 heteroatoms. The second kappa shape index (κ2) is 3.52. The van der Waals surface area contributed by atoms with Crippen molar-refractivity contribution in [2.45, 2.75) is 38.5 Å². The summed E-state index contributed by atoms with van der Waals surface area (Å²) >= 11 is 0. The van der Waals surface area contributed by atoms with E-state index >= 15 is 0 Å². The standard InChI is InChI=1S/C9H12F2O2/c1-9(10,11)8(13)5-7(12)6-3-2-4-6/h6H,2-5H2,1H3. The molecule has 1 rings (SSSR count). The number of alkyl halides is 2. The van der Waals surface area contributed by atoms with Crippen LogP contribution in [0.3, 0.4) is 0 Å².